The van der Waals surface area contributed by atoms with E-state index < -0.39 is 11.7 Å². The molecule has 3 rings (SSSR count). The highest BCUT2D eigenvalue weighted by atomic mass is 19.1. The van der Waals surface area contributed by atoms with Crippen molar-refractivity contribution >= 4 is 11.7 Å². The number of halogens is 1. The van der Waals surface area contributed by atoms with E-state index in [0.717, 1.165) is 12.0 Å². The van der Waals surface area contributed by atoms with E-state index in [1.807, 2.05) is 42.1 Å². The molecule has 3 aromatic heterocycles. The third-order valence-corrected chi connectivity index (χ3v) is 3.43. The van der Waals surface area contributed by atoms with Gasteiger partial charge in [0, 0.05) is 37.7 Å². The van der Waals surface area contributed by atoms with Crippen LogP contribution in [-0.4, -0.2) is 38.5 Å². The highest BCUT2D eigenvalue weighted by Gasteiger charge is 2.10. The van der Waals surface area contributed by atoms with E-state index in [4.69, 9.17) is 0 Å². The quantitative estimate of drug-likeness (QED) is 0.670. The van der Waals surface area contributed by atoms with E-state index in [0.29, 0.717) is 24.7 Å². The van der Waals surface area contributed by atoms with E-state index in [2.05, 4.69) is 25.6 Å². The summed E-state index contributed by atoms with van der Waals surface area (Å²) in [5.41, 5.74) is -0.0252. The van der Waals surface area contributed by atoms with E-state index in [1.54, 1.807) is 0 Å². The first-order chi connectivity index (χ1) is 12.1. The van der Waals surface area contributed by atoms with Gasteiger partial charge in [0.25, 0.3) is 5.91 Å². The lowest BCUT2D eigenvalue weighted by atomic mass is 10.2. The molecule has 0 radical (unpaired) electrons. The van der Waals surface area contributed by atoms with Gasteiger partial charge >= 0.3 is 0 Å². The van der Waals surface area contributed by atoms with Crippen LogP contribution >= 0.6 is 0 Å². The average Bonchev–Trinajstić information content (AvgIpc) is 3.13. The molecule has 0 spiro atoms. The molecule has 0 saturated carbocycles. The summed E-state index contributed by atoms with van der Waals surface area (Å²) in [5.74, 6) is 0.921. The molecule has 0 atom stereocenters. The molecule has 3 heterocycles. The summed E-state index contributed by atoms with van der Waals surface area (Å²) in [6.07, 6.45) is 6.19. The lowest BCUT2D eigenvalue weighted by Crippen LogP contribution is -2.29. The molecule has 0 aromatic carbocycles. The fourth-order valence-corrected chi connectivity index (χ4v) is 2.28. The Bertz CT molecular complexity index is 865. The van der Waals surface area contributed by atoms with Gasteiger partial charge in [0.1, 0.15) is 17.5 Å². The second-order valence-corrected chi connectivity index (χ2v) is 5.29. The van der Waals surface area contributed by atoms with Crippen molar-refractivity contribution in [3.8, 4) is 5.82 Å². The highest BCUT2D eigenvalue weighted by molar-refractivity contribution is 5.94. The van der Waals surface area contributed by atoms with Gasteiger partial charge in [-0.05, 0) is 25.1 Å². The van der Waals surface area contributed by atoms with Crippen LogP contribution < -0.4 is 10.6 Å². The van der Waals surface area contributed by atoms with Gasteiger partial charge in [-0.2, -0.15) is 0 Å². The fraction of sp³-hybridized carbons (Fsp3) is 0.176. The maximum Gasteiger partial charge on any atom is 0.254 e. The summed E-state index contributed by atoms with van der Waals surface area (Å²) in [6.45, 7) is 2.58. The van der Waals surface area contributed by atoms with Crippen molar-refractivity contribution in [1.82, 2.24) is 24.8 Å². The molecular weight excluding hydrogens is 323 g/mol. The topological polar surface area (TPSA) is 84.7 Å². The summed E-state index contributed by atoms with van der Waals surface area (Å²) < 4.78 is 15.4. The smallest absolute Gasteiger partial charge is 0.254 e. The van der Waals surface area contributed by atoms with Gasteiger partial charge in [-0.3, -0.25) is 9.78 Å². The number of carbonyl (C=O) groups excluding carboxylic acids is 1. The van der Waals surface area contributed by atoms with Crippen LogP contribution in [-0.2, 0) is 0 Å². The maximum atomic E-state index is 13.5. The van der Waals surface area contributed by atoms with Crippen molar-refractivity contribution in [3.05, 3.63) is 66.3 Å². The van der Waals surface area contributed by atoms with Crippen LogP contribution in [0, 0.1) is 12.7 Å². The molecule has 8 heteroatoms. The van der Waals surface area contributed by atoms with E-state index in [1.165, 1.54) is 12.3 Å². The predicted molar refractivity (Wildman–Crippen MR) is 91.1 cm³/mol. The van der Waals surface area contributed by atoms with Gasteiger partial charge in [0.05, 0.1) is 11.8 Å². The Balaban J connectivity index is 1.56. The van der Waals surface area contributed by atoms with Gasteiger partial charge < -0.3 is 15.2 Å². The lowest BCUT2D eigenvalue weighted by molar-refractivity contribution is 0.0951. The van der Waals surface area contributed by atoms with Crippen LogP contribution in [0.4, 0.5) is 10.2 Å². The van der Waals surface area contributed by atoms with Crippen molar-refractivity contribution in [2.75, 3.05) is 18.4 Å². The second-order valence-electron chi connectivity index (χ2n) is 5.29. The maximum absolute atomic E-state index is 13.5. The van der Waals surface area contributed by atoms with Crippen molar-refractivity contribution in [3.63, 3.8) is 0 Å². The molecule has 0 aliphatic rings. The average molecular weight is 340 g/mol. The Morgan fingerprint density at radius 1 is 1.24 bits per heavy atom. The normalized spacial score (nSPS) is 10.5. The first kappa shape index (κ1) is 16.6. The number of amides is 1. The lowest BCUT2D eigenvalue weighted by Gasteiger charge is -2.10. The molecule has 0 bridgehead atoms. The zero-order chi connectivity index (χ0) is 17.6. The van der Waals surface area contributed by atoms with Crippen LogP contribution in [0.2, 0.25) is 0 Å². The summed E-state index contributed by atoms with van der Waals surface area (Å²) in [4.78, 5) is 24.2. The highest BCUT2D eigenvalue weighted by Crippen LogP contribution is 2.11. The third-order valence-electron chi connectivity index (χ3n) is 3.43. The van der Waals surface area contributed by atoms with Gasteiger partial charge in [0.15, 0.2) is 5.82 Å². The minimum absolute atomic E-state index is 0.0252. The molecule has 0 aliphatic heterocycles. The van der Waals surface area contributed by atoms with Crippen LogP contribution in [0.15, 0.2) is 49.1 Å². The van der Waals surface area contributed by atoms with E-state index in [9.17, 15) is 9.18 Å². The molecule has 3 aromatic rings. The second kappa shape index (κ2) is 7.52. The third kappa shape index (κ3) is 4.17. The molecule has 25 heavy (non-hydrogen) atoms. The summed E-state index contributed by atoms with van der Waals surface area (Å²) in [7, 11) is 0. The summed E-state index contributed by atoms with van der Waals surface area (Å²) in [5, 5.41) is 5.77. The fourth-order valence-electron chi connectivity index (χ4n) is 2.28. The number of pyridine rings is 1. The predicted octanol–water partition coefficient (Wildman–Crippen LogP) is 1.95. The van der Waals surface area contributed by atoms with Crippen molar-refractivity contribution in [2.24, 2.45) is 0 Å². The Kier molecular flexibility index (Phi) is 4.98. The van der Waals surface area contributed by atoms with Crippen molar-refractivity contribution < 1.29 is 9.18 Å². The monoisotopic (exact) mass is 340 g/mol. The molecule has 0 fully saturated rings. The number of hydrogen-bond acceptors (Lipinski definition) is 5. The first-order valence-electron chi connectivity index (χ1n) is 7.74. The number of hydrogen-bond donors (Lipinski definition) is 2. The largest absolute Gasteiger partial charge is 0.368 e. The number of aromatic nitrogens is 4. The molecule has 1 amide bonds. The summed E-state index contributed by atoms with van der Waals surface area (Å²) in [6, 6.07) is 6.99. The SMILES string of the molecule is Cc1nc(NCCNC(=O)c2ccncc2F)cc(-n2cccc2)n1. The molecule has 7 nitrogen and oxygen atoms in total. The van der Waals surface area contributed by atoms with Crippen molar-refractivity contribution in [1.29, 1.82) is 0 Å². The number of nitrogens with one attached hydrogen (secondary N) is 2. The molecule has 0 aliphatic carbocycles. The van der Waals surface area contributed by atoms with Crippen LogP contribution in [0.5, 0.6) is 0 Å². The summed E-state index contributed by atoms with van der Waals surface area (Å²) >= 11 is 0. The van der Waals surface area contributed by atoms with Crippen LogP contribution in [0.3, 0.4) is 0 Å². The van der Waals surface area contributed by atoms with Crippen LogP contribution in [0.1, 0.15) is 16.2 Å². The van der Waals surface area contributed by atoms with E-state index >= 15 is 0 Å². The Morgan fingerprint density at radius 2 is 2.04 bits per heavy atom. The number of carbonyl (C=O) groups is 1. The molecule has 0 unspecified atom stereocenters. The van der Waals surface area contributed by atoms with Crippen molar-refractivity contribution in [2.45, 2.75) is 6.92 Å². The van der Waals surface area contributed by atoms with E-state index in [-0.39, 0.29) is 5.56 Å². The minimum Gasteiger partial charge on any atom is -0.368 e. The zero-order valence-corrected chi connectivity index (χ0v) is 13.6. The molecule has 128 valence electrons. The number of anilines is 1. The Labute approximate surface area is 144 Å². The number of aryl methyl sites for hydroxylation is 1. The molecule has 2 N–H and O–H groups in total. The van der Waals surface area contributed by atoms with Gasteiger partial charge in [0.2, 0.25) is 0 Å². The number of nitrogens with zero attached hydrogens (tertiary/aromatic N) is 4. The van der Waals surface area contributed by atoms with Gasteiger partial charge in [-0.15, -0.1) is 0 Å². The first-order valence-corrected chi connectivity index (χ1v) is 7.74. The Morgan fingerprint density at radius 3 is 2.80 bits per heavy atom. The molecular formula is C17H17FN6O. The minimum atomic E-state index is -0.643. The van der Waals surface area contributed by atoms with Crippen LogP contribution in [0.25, 0.3) is 5.82 Å². The van der Waals surface area contributed by atoms with Gasteiger partial charge in [-0.25, -0.2) is 14.4 Å². The van der Waals surface area contributed by atoms with Gasteiger partial charge in [-0.1, -0.05) is 0 Å². The standard InChI is InChI=1S/C17H17FN6O/c1-12-22-15(10-16(23-12)24-8-2-3-9-24)20-6-7-21-17(25)13-4-5-19-11-14(13)18/h2-5,8-11H,6-7H2,1H3,(H,21,25)(H,20,22,23). The Hall–Kier alpha value is -3.29. The zero-order valence-electron chi connectivity index (χ0n) is 13.6. The molecule has 0 saturated heterocycles. The number of rotatable bonds is 6.